The van der Waals surface area contributed by atoms with Gasteiger partial charge in [-0.2, -0.15) is 0 Å². The third-order valence-corrected chi connectivity index (χ3v) is 2.49. The molecule has 2 heterocycles. The lowest BCUT2D eigenvalue weighted by Crippen LogP contribution is -1.68. The van der Waals surface area contributed by atoms with Crippen molar-refractivity contribution >= 4 is 11.3 Å². The zero-order chi connectivity index (χ0) is 7.68. The predicted molar refractivity (Wildman–Crippen MR) is 46.8 cm³/mol. The van der Waals surface area contributed by atoms with Gasteiger partial charge in [-0.1, -0.05) is 0 Å². The second kappa shape index (κ2) is 2.55. The van der Waals surface area contributed by atoms with Gasteiger partial charge in [-0.05, 0) is 30.5 Å². The van der Waals surface area contributed by atoms with E-state index in [9.17, 15) is 0 Å². The summed E-state index contributed by atoms with van der Waals surface area (Å²) < 4.78 is 5.27. The highest BCUT2D eigenvalue weighted by atomic mass is 32.1. The third-order valence-electron chi connectivity index (χ3n) is 1.65. The first-order valence-electron chi connectivity index (χ1n) is 3.46. The number of thiophene rings is 1. The van der Waals surface area contributed by atoms with Gasteiger partial charge in [-0.3, -0.25) is 0 Å². The van der Waals surface area contributed by atoms with E-state index in [4.69, 9.17) is 4.42 Å². The largest absolute Gasteiger partial charge is 0.464 e. The number of hydrogen-bond donors (Lipinski definition) is 0. The first kappa shape index (κ1) is 6.68. The molecule has 0 saturated carbocycles. The van der Waals surface area contributed by atoms with Gasteiger partial charge in [0, 0.05) is 10.4 Å². The molecule has 0 fully saturated rings. The minimum absolute atomic E-state index is 0.962. The van der Waals surface area contributed by atoms with E-state index in [1.54, 1.807) is 17.6 Å². The highest BCUT2D eigenvalue weighted by Gasteiger charge is 2.03. The van der Waals surface area contributed by atoms with E-state index in [-0.39, 0.29) is 0 Å². The molecule has 2 rings (SSSR count). The van der Waals surface area contributed by atoms with Crippen molar-refractivity contribution in [1.82, 2.24) is 0 Å². The molecule has 0 saturated heterocycles. The maximum atomic E-state index is 5.27. The van der Waals surface area contributed by atoms with Crippen molar-refractivity contribution in [2.45, 2.75) is 6.92 Å². The van der Waals surface area contributed by atoms with E-state index >= 15 is 0 Å². The molecule has 0 aliphatic carbocycles. The molecule has 1 nitrogen and oxygen atoms in total. The maximum Gasteiger partial charge on any atom is 0.134 e. The van der Waals surface area contributed by atoms with Crippen molar-refractivity contribution in [3.63, 3.8) is 0 Å². The van der Waals surface area contributed by atoms with Gasteiger partial charge in [0.15, 0.2) is 0 Å². The van der Waals surface area contributed by atoms with Crippen LogP contribution in [0.3, 0.4) is 0 Å². The van der Waals surface area contributed by atoms with Crippen molar-refractivity contribution in [2.75, 3.05) is 0 Å². The molecule has 2 aromatic rings. The Morgan fingerprint density at radius 1 is 1.36 bits per heavy atom. The molecule has 56 valence electrons. The molecule has 2 heteroatoms. The van der Waals surface area contributed by atoms with Gasteiger partial charge in [0.25, 0.3) is 0 Å². The van der Waals surface area contributed by atoms with Gasteiger partial charge in [-0.25, -0.2) is 0 Å². The molecule has 0 amide bonds. The average molecular weight is 164 g/mol. The summed E-state index contributed by atoms with van der Waals surface area (Å²) in [4.78, 5) is 1.31. The summed E-state index contributed by atoms with van der Waals surface area (Å²) in [6.07, 6.45) is 1.70. The van der Waals surface area contributed by atoms with Crippen LogP contribution in [-0.4, -0.2) is 0 Å². The van der Waals surface area contributed by atoms with Crippen LogP contribution in [0.5, 0.6) is 0 Å². The van der Waals surface area contributed by atoms with Gasteiger partial charge in [0.1, 0.15) is 5.76 Å². The molecule has 0 aromatic carbocycles. The molecule has 2 aromatic heterocycles. The Morgan fingerprint density at radius 2 is 2.27 bits per heavy atom. The lowest BCUT2D eigenvalue weighted by atomic mass is 10.2. The van der Waals surface area contributed by atoms with Crippen molar-refractivity contribution in [2.24, 2.45) is 0 Å². The summed E-state index contributed by atoms with van der Waals surface area (Å²) in [6.45, 7) is 2.10. The van der Waals surface area contributed by atoms with Gasteiger partial charge in [0.05, 0.1) is 6.26 Å². The molecule has 0 bridgehead atoms. The zero-order valence-electron chi connectivity index (χ0n) is 6.20. The van der Waals surface area contributed by atoms with Crippen LogP contribution in [-0.2, 0) is 0 Å². The van der Waals surface area contributed by atoms with E-state index in [1.165, 1.54) is 10.4 Å². The summed E-state index contributed by atoms with van der Waals surface area (Å²) in [6, 6.07) is 5.97. The summed E-state index contributed by atoms with van der Waals surface area (Å²) >= 11 is 1.74. The summed E-state index contributed by atoms with van der Waals surface area (Å²) in [5.74, 6) is 0.962. The van der Waals surface area contributed by atoms with Crippen LogP contribution in [0.2, 0.25) is 0 Å². The zero-order valence-corrected chi connectivity index (χ0v) is 7.02. The molecule has 0 aliphatic heterocycles. The van der Waals surface area contributed by atoms with Crippen LogP contribution in [0.4, 0.5) is 0 Å². The molecule has 0 atom stereocenters. The van der Waals surface area contributed by atoms with Crippen LogP contribution < -0.4 is 0 Å². The third kappa shape index (κ3) is 1.10. The lowest BCUT2D eigenvalue weighted by molar-refractivity contribution is 0.582. The molecule has 0 aliphatic rings. The van der Waals surface area contributed by atoms with E-state index in [2.05, 4.69) is 18.4 Å². The second-order valence-electron chi connectivity index (χ2n) is 2.37. The van der Waals surface area contributed by atoms with Crippen molar-refractivity contribution in [1.29, 1.82) is 0 Å². The van der Waals surface area contributed by atoms with Gasteiger partial charge < -0.3 is 4.42 Å². The smallest absolute Gasteiger partial charge is 0.134 e. The van der Waals surface area contributed by atoms with Crippen molar-refractivity contribution in [3.8, 4) is 11.3 Å². The molecule has 0 N–H and O–H groups in total. The molecule has 11 heavy (non-hydrogen) atoms. The number of aryl methyl sites for hydroxylation is 1. The van der Waals surface area contributed by atoms with Crippen molar-refractivity contribution in [3.05, 3.63) is 34.7 Å². The van der Waals surface area contributed by atoms with E-state index in [1.807, 2.05) is 12.1 Å². The Labute approximate surface area is 69.3 Å². The van der Waals surface area contributed by atoms with E-state index in [0.29, 0.717) is 0 Å². The lowest BCUT2D eigenvalue weighted by Gasteiger charge is -1.91. The Morgan fingerprint density at radius 3 is 2.82 bits per heavy atom. The van der Waals surface area contributed by atoms with Gasteiger partial charge >= 0.3 is 0 Å². The van der Waals surface area contributed by atoms with Gasteiger partial charge in [-0.15, -0.1) is 11.3 Å². The van der Waals surface area contributed by atoms with Crippen molar-refractivity contribution < 1.29 is 4.42 Å². The fourth-order valence-electron chi connectivity index (χ4n) is 1.07. The van der Waals surface area contributed by atoms with E-state index < -0.39 is 0 Å². The second-order valence-corrected chi connectivity index (χ2v) is 3.49. The Hall–Kier alpha value is -1.02. The fraction of sp³-hybridized carbons (Fsp3) is 0.111. The predicted octanol–water partition coefficient (Wildman–Crippen LogP) is 3.32. The first-order chi connectivity index (χ1) is 5.38. The topological polar surface area (TPSA) is 13.1 Å². The quantitative estimate of drug-likeness (QED) is 0.630. The highest BCUT2D eigenvalue weighted by Crippen LogP contribution is 2.27. The SMILES string of the molecule is Cc1sccc1-c1ccco1. The average Bonchev–Trinajstić information content (AvgIpc) is 2.55. The maximum absolute atomic E-state index is 5.27. The molecule has 0 radical (unpaired) electrons. The summed E-state index contributed by atoms with van der Waals surface area (Å²) in [5, 5.41) is 2.08. The standard InChI is InChI=1S/C9H8OS/c1-7-8(4-6-11-7)9-3-2-5-10-9/h2-6H,1H3. The van der Waals surface area contributed by atoms with E-state index in [0.717, 1.165) is 5.76 Å². The van der Waals surface area contributed by atoms with Crippen LogP contribution in [0, 0.1) is 6.92 Å². The Bertz CT molecular complexity index is 332. The minimum atomic E-state index is 0.962. The Balaban J connectivity index is 2.53. The number of hydrogen-bond acceptors (Lipinski definition) is 2. The molecular formula is C9H8OS. The van der Waals surface area contributed by atoms with Crippen LogP contribution in [0.1, 0.15) is 4.88 Å². The first-order valence-corrected chi connectivity index (χ1v) is 4.34. The monoisotopic (exact) mass is 164 g/mol. The van der Waals surface area contributed by atoms with Crippen LogP contribution in [0.25, 0.3) is 11.3 Å². The molecule has 0 unspecified atom stereocenters. The normalized spacial score (nSPS) is 10.3. The molecular weight excluding hydrogens is 156 g/mol. The minimum Gasteiger partial charge on any atom is -0.464 e. The number of rotatable bonds is 1. The van der Waals surface area contributed by atoms with Crippen LogP contribution >= 0.6 is 11.3 Å². The summed E-state index contributed by atoms with van der Waals surface area (Å²) in [5.41, 5.74) is 1.21. The molecule has 0 spiro atoms. The van der Waals surface area contributed by atoms with Crippen LogP contribution in [0.15, 0.2) is 34.3 Å². The highest BCUT2D eigenvalue weighted by molar-refractivity contribution is 7.10. The van der Waals surface area contributed by atoms with Gasteiger partial charge in [0.2, 0.25) is 0 Å². The Kier molecular flexibility index (Phi) is 1.55. The summed E-state index contributed by atoms with van der Waals surface area (Å²) in [7, 11) is 0. The fourth-order valence-corrected chi connectivity index (χ4v) is 1.78. The number of furan rings is 1.